The van der Waals surface area contributed by atoms with Crippen LogP contribution in [0.4, 0.5) is 0 Å². The highest BCUT2D eigenvalue weighted by Gasteiger charge is 2.19. The highest BCUT2D eigenvalue weighted by atomic mass is 32.2. The van der Waals surface area contributed by atoms with Crippen LogP contribution in [0.15, 0.2) is 29.2 Å². The van der Waals surface area contributed by atoms with Gasteiger partial charge >= 0.3 is 0 Å². The quantitative estimate of drug-likeness (QED) is 0.192. The summed E-state index contributed by atoms with van der Waals surface area (Å²) in [5.74, 6) is 0. The third-order valence-electron chi connectivity index (χ3n) is 5.64. The van der Waals surface area contributed by atoms with Gasteiger partial charge in [0.05, 0.1) is 11.0 Å². The highest BCUT2D eigenvalue weighted by Crippen LogP contribution is 2.26. The van der Waals surface area contributed by atoms with Crippen molar-refractivity contribution in [2.45, 2.75) is 121 Å². The molecular weight excluding hydrogens is 384 g/mol. The number of aliphatic hydroxyl groups is 1. The van der Waals surface area contributed by atoms with Crippen LogP contribution in [-0.2, 0) is 10.1 Å². The van der Waals surface area contributed by atoms with Crippen molar-refractivity contribution in [3.05, 3.63) is 29.8 Å². The molecule has 29 heavy (non-hydrogen) atoms. The molecule has 0 radical (unpaired) electrons. The lowest BCUT2D eigenvalue weighted by molar-refractivity contribution is 0.160. The molecule has 1 unspecified atom stereocenters. The van der Waals surface area contributed by atoms with Crippen LogP contribution < -0.4 is 0 Å². The van der Waals surface area contributed by atoms with Gasteiger partial charge in [-0.1, -0.05) is 121 Å². The summed E-state index contributed by atoms with van der Waals surface area (Å²) >= 11 is 0. The average Bonchev–Trinajstić information content (AvgIpc) is 2.70. The number of hydrogen-bond acceptors (Lipinski definition) is 3. The fourth-order valence-electron chi connectivity index (χ4n) is 3.86. The fourth-order valence-corrected chi connectivity index (χ4v) is 4.61. The van der Waals surface area contributed by atoms with E-state index in [0.717, 1.165) is 19.3 Å². The van der Waals surface area contributed by atoms with Gasteiger partial charge in [0, 0.05) is 5.56 Å². The Morgan fingerprint density at radius 2 is 1.14 bits per heavy atom. The van der Waals surface area contributed by atoms with Gasteiger partial charge in [0.2, 0.25) is 0 Å². The van der Waals surface area contributed by atoms with Crippen LogP contribution >= 0.6 is 0 Å². The van der Waals surface area contributed by atoms with Crippen LogP contribution in [0, 0.1) is 0 Å². The summed E-state index contributed by atoms with van der Waals surface area (Å²) in [7, 11) is -4.30. The van der Waals surface area contributed by atoms with Crippen LogP contribution in [0.3, 0.4) is 0 Å². The zero-order chi connectivity index (χ0) is 21.4. The Morgan fingerprint density at radius 1 is 0.724 bits per heavy atom. The average molecular weight is 427 g/mol. The van der Waals surface area contributed by atoms with E-state index < -0.39 is 16.2 Å². The van der Waals surface area contributed by atoms with Gasteiger partial charge in [-0.25, -0.2) is 0 Å². The predicted molar refractivity (Wildman–Crippen MR) is 121 cm³/mol. The summed E-state index contributed by atoms with van der Waals surface area (Å²) in [4.78, 5) is -0.187. The summed E-state index contributed by atoms with van der Waals surface area (Å²) in [6.45, 7) is 2.26. The molecule has 1 aromatic rings. The van der Waals surface area contributed by atoms with Crippen molar-refractivity contribution in [3.8, 4) is 0 Å². The molecule has 0 amide bonds. The molecule has 0 fully saturated rings. The third kappa shape index (κ3) is 12.4. The number of rotatable bonds is 18. The predicted octanol–water partition coefficient (Wildman–Crippen LogP) is 7.23. The van der Waals surface area contributed by atoms with Crippen molar-refractivity contribution in [1.29, 1.82) is 0 Å². The molecule has 0 bridgehead atoms. The molecule has 0 spiro atoms. The minimum atomic E-state index is -4.30. The standard InChI is InChI=1S/C24H42O4S/c1-2-3-4-5-6-7-8-9-10-11-12-13-14-15-16-20-23(25)22-19-17-18-21-24(22)29(26,27)28/h17-19,21,23,25H,2-16,20H2,1H3,(H,26,27,28). The zero-order valence-electron chi connectivity index (χ0n) is 18.3. The van der Waals surface area contributed by atoms with Crippen LogP contribution in [-0.4, -0.2) is 18.1 Å². The van der Waals surface area contributed by atoms with Gasteiger partial charge < -0.3 is 5.11 Å². The van der Waals surface area contributed by atoms with Gasteiger partial charge in [-0.05, 0) is 12.5 Å². The van der Waals surface area contributed by atoms with Gasteiger partial charge in [-0.2, -0.15) is 8.42 Å². The van der Waals surface area contributed by atoms with Gasteiger partial charge in [0.1, 0.15) is 0 Å². The van der Waals surface area contributed by atoms with Gasteiger partial charge in [-0.3, -0.25) is 4.55 Å². The molecule has 2 N–H and O–H groups in total. The molecule has 0 saturated carbocycles. The summed E-state index contributed by atoms with van der Waals surface area (Å²) < 4.78 is 32.1. The molecule has 0 aromatic heterocycles. The van der Waals surface area contributed by atoms with E-state index in [-0.39, 0.29) is 4.90 Å². The maximum atomic E-state index is 11.4. The lowest BCUT2D eigenvalue weighted by Gasteiger charge is -2.14. The number of unbranched alkanes of at least 4 members (excludes halogenated alkanes) is 14. The Kier molecular flexibility index (Phi) is 14.3. The smallest absolute Gasteiger partial charge is 0.294 e. The van der Waals surface area contributed by atoms with Crippen molar-refractivity contribution in [2.24, 2.45) is 0 Å². The minimum Gasteiger partial charge on any atom is -0.388 e. The lowest BCUT2D eigenvalue weighted by Crippen LogP contribution is -2.07. The normalized spacial score (nSPS) is 12.9. The molecule has 1 rings (SSSR count). The summed E-state index contributed by atoms with van der Waals surface area (Å²) in [6, 6.07) is 6.13. The van der Waals surface area contributed by atoms with Gasteiger partial charge in [0.15, 0.2) is 0 Å². The number of benzene rings is 1. The molecule has 1 aromatic carbocycles. The minimum absolute atomic E-state index is 0.187. The molecule has 1 atom stereocenters. The van der Waals surface area contributed by atoms with E-state index in [1.165, 1.54) is 83.1 Å². The maximum absolute atomic E-state index is 11.4. The van der Waals surface area contributed by atoms with E-state index in [1.54, 1.807) is 18.2 Å². The van der Waals surface area contributed by atoms with E-state index >= 15 is 0 Å². The Bertz CT molecular complexity index is 628. The van der Waals surface area contributed by atoms with Crippen LogP contribution in [0.5, 0.6) is 0 Å². The lowest BCUT2D eigenvalue weighted by atomic mass is 10.0. The number of hydrogen-bond donors (Lipinski definition) is 2. The summed E-state index contributed by atoms with van der Waals surface area (Å²) in [5.41, 5.74) is 0.292. The Hall–Kier alpha value is -0.910. The molecular formula is C24H42O4S. The molecule has 0 saturated heterocycles. The van der Waals surface area contributed by atoms with Crippen molar-refractivity contribution in [2.75, 3.05) is 0 Å². The number of aliphatic hydroxyl groups excluding tert-OH is 1. The second-order valence-electron chi connectivity index (χ2n) is 8.27. The summed E-state index contributed by atoms with van der Waals surface area (Å²) in [6.07, 6.45) is 19.0. The van der Waals surface area contributed by atoms with Crippen LogP contribution in [0.2, 0.25) is 0 Å². The van der Waals surface area contributed by atoms with E-state index in [0.29, 0.717) is 12.0 Å². The second kappa shape index (κ2) is 15.9. The van der Waals surface area contributed by atoms with E-state index in [4.69, 9.17) is 0 Å². The Morgan fingerprint density at radius 3 is 1.59 bits per heavy atom. The SMILES string of the molecule is CCCCCCCCCCCCCCCCCC(O)c1ccccc1S(=O)(=O)O. The topological polar surface area (TPSA) is 74.6 Å². The largest absolute Gasteiger partial charge is 0.388 e. The molecule has 4 nitrogen and oxygen atoms in total. The Labute approximate surface area is 178 Å². The first-order valence-corrected chi connectivity index (χ1v) is 13.1. The van der Waals surface area contributed by atoms with Gasteiger partial charge in [-0.15, -0.1) is 0 Å². The molecule has 168 valence electrons. The molecule has 0 heterocycles. The van der Waals surface area contributed by atoms with E-state index in [1.807, 2.05) is 0 Å². The first-order valence-electron chi connectivity index (χ1n) is 11.7. The highest BCUT2D eigenvalue weighted by molar-refractivity contribution is 7.85. The van der Waals surface area contributed by atoms with E-state index in [9.17, 15) is 18.1 Å². The molecule has 0 aliphatic rings. The summed E-state index contributed by atoms with van der Waals surface area (Å²) in [5, 5.41) is 10.3. The fraction of sp³-hybridized carbons (Fsp3) is 0.750. The van der Waals surface area contributed by atoms with Crippen LogP contribution in [0.1, 0.15) is 121 Å². The third-order valence-corrected chi connectivity index (χ3v) is 6.56. The Balaban J connectivity index is 2.00. The first-order chi connectivity index (χ1) is 14.0. The van der Waals surface area contributed by atoms with Gasteiger partial charge in [0.25, 0.3) is 10.1 Å². The molecule has 5 heteroatoms. The van der Waals surface area contributed by atoms with Crippen molar-refractivity contribution < 1.29 is 18.1 Å². The maximum Gasteiger partial charge on any atom is 0.294 e. The van der Waals surface area contributed by atoms with Crippen LogP contribution in [0.25, 0.3) is 0 Å². The van der Waals surface area contributed by atoms with E-state index in [2.05, 4.69) is 6.92 Å². The monoisotopic (exact) mass is 426 g/mol. The molecule has 0 aliphatic carbocycles. The zero-order valence-corrected chi connectivity index (χ0v) is 19.1. The van der Waals surface area contributed by atoms with Crippen molar-refractivity contribution >= 4 is 10.1 Å². The van der Waals surface area contributed by atoms with Crippen molar-refractivity contribution in [3.63, 3.8) is 0 Å². The van der Waals surface area contributed by atoms with Crippen molar-refractivity contribution in [1.82, 2.24) is 0 Å². The first kappa shape index (κ1) is 26.1. The second-order valence-corrected chi connectivity index (χ2v) is 9.66. The molecule has 0 aliphatic heterocycles.